The molecule has 126 valence electrons. The molecule has 1 aliphatic heterocycles. The summed E-state index contributed by atoms with van der Waals surface area (Å²) in [5.41, 5.74) is 0.925. The molecule has 5 nitrogen and oxygen atoms in total. The molecular formula is C18H21N3O2S. The van der Waals surface area contributed by atoms with Crippen molar-refractivity contribution in [3.63, 3.8) is 0 Å². The summed E-state index contributed by atoms with van der Waals surface area (Å²) in [5.74, 6) is 0.625. The number of hydrogen-bond donors (Lipinski definition) is 0. The first-order valence-corrected chi connectivity index (χ1v) is 9.12. The summed E-state index contributed by atoms with van der Waals surface area (Å²) < 4.78 is 5.94. The Labute approximate surface area is 146 Å². The molecule has 0 bridgehead atoms. The van der Waals surface area contributed by atoms with Gasteiger partial charge in [-0.05, 0) is 37.1 Å². The summed E-state index contributed by atoms with van der Waals surface area (Å²) in [6.45, 7) is 1.99. The fourth-order valence-corrected chi connectivity index (χ4v) is 3.45. The van der Waals surface area contributed by atoms with E-state index in [2.05, 4.69) is 9.97 Å². The Bertz CT molecular complexity index is 639. The van der Waals surface area contributed by atoms with E-state index in [-0.39, 0.29) is 12.0 Å². The van der Waals surface area contributed by atoms with Crippen molar-refractivity contribution in [2.45, 2.75) is 30.4 Å². The highest BCUT2D eigenvalue weighted by molar-refractivity contribution is 8.00. The predicted molar refractivity (Wildman–Crippen MR) is 93.6 cm³/mol. The summed E-state index contributed by atoms with van der Waals surface area (Å²) >= 11 is 1.55. The highest BCUT2D eigenvalue weighted by Crippen LogP contribution is 2.19. The molecule has 3 heterocycles. The van der Waals surface area contributed by atoms with Crippen molar-refractivity contribution in [2.75, 3.05) is 18.8 Å². The van der Waals surface area contributed by atoms with E-state index in [9.17, 15) is 4.79 Å². The van der Waals surface area contributed by atoms with Crippen molar-refractivity contribution >= 4 is 17.7 Å². The van der Waals surface area contributed by atoms with E-state index in [4.69, 9.17) is 4.74 Å². The third-order valence-electron chi connectivity index (χ3n) is 3.94. The minimum Gasteiger partial charge on any atom is -0.370 e. The van der Waals surface area contributed by atoms with Crippen LogP contribution in [0.1, 0.15) is 18.5 Å². The van der Waals surface area contributed by atoms with Crippen molar-refractivity contribution in [2.24, 2.45) is 0 Å². The first-order valence-electron chi connectivity index (χ1n) is 8.13. The highest BCUT2D eigenvalue weighted by atomic mass is 32.2. The molecule has 0 aromatic carbocycles. The van der Waals surface area contributed by atoms with E-state index >= 15 is 0 Å². The number of nitrogens with zero attached hydrogens (tertiary/aromatic N) is 3. The van der Waals surface area contributed by atoms with Gasteiger partial charge < -0.3 is 9.64 Å². The van der Waals surface area contributed by atoms with E-state index in [0.717, 1.165) is 30.0 Å². The molecule has 6 heteroatoms. The molecule has 1 amide bonds. The number of carbonyl (C=O) groups excluding carboxylic acids is 1. The second-order valence-electron chi connectivity index (χ2n) is 5.71. The van der Waals surface area contributed by atoms with Crippen LogP contribution >= 0.6 is 11.8 Å². The van der Waals surface area contributed by atoms with Gasteiger partial charge in [-0.15, -0.1) is 11.8 Å². The molecule has 0 N–H and O–H groups in total. The Morgan fingerprint density at radius 2 is 2.12 bits per heavy atom. The fraction of sp³-hybridized carbons (Fsp3) is 0.389. The van der Waals surface area contributed by atoms with E-state index in [0.29, 0.717) is 18.9 Å². The average Bonchev–Trinajstić information content (AvgIpc) is 2.66. The molecule has 2 aromatic rings. The van der Waals surface area contributed by atoms with Crippen LogP contribution in [0.15, 0.2) is 53.8 Å². The van der Waals surface area contributed by atoms with Crippen LogP contribution in [0.4, 0.5) is 0 Å². The van der Waals surface area contributed by atoms with Crippen LogP contribution < -0.4 is 0 Å². The lowest BCUT2D eigenvalue weighted by Gasteiger charge is -2.32. The zero-order valence-electron chi connectivity index (χ0n) is 13.5. The Kier molecular flexibility index (Phi) is 6.20. The zero-order valence-corrected chi connectivity index (χ0v) is 14.3. The van der Waals surface area contributed by atoms with Gasteiger partial charge in [-0.1, -0.05) is 6.07 Å². The SMILES string of the molecule is O=C(CSc1ccncc1)N1CCCC(OCc2ccccn2)C1. The van der Waals surface area contributed by atoms with E-state index < -0.39 is 0 Å². The number of piperidine rings is 1. The van der Waals surface area contributed by atoms with Crippen molar-refractivity contribution in [3.05, 3.63) is 54.6 Å². The van der Waals surface area contributed by atoms with Gasteiger partial charge in [0.2, 0.25) is 5.91 Å². The number of ether oxygens (including phenoxy) is 1. The standard InChI is InChI=1S/C18H21N3O2S/c22-18(14-24-17-6-9-19-10-7-17)21-11-3-5-16(12-21)23-13-15-4-1-2-8-20-15/h1-2,4,6-10,16H,3,5,11-14H2. The molecule has 3 rings (SSSR count). The van der Waals surface area contributed by atoms with Gasteiger partial charge in [0.15, 0.2) is 0 Å². The third-order valence-corrected chi connectivity index (χ3v) is 4.93. The summed E-state index contributed by atoms with van der Waals surface area (Å²) in [7, 11) is 0. The number of likely N-dealkylation sites (tertiary alicyclic amines) is 1. The summed E-state index contributed by atoms with van der Waals surface area (Å²) in [4.78, 5) is 23.7. The first-order chi connectivity index (χ1) is 11.8. The number of thioether (sulfide) groups is 1. The van der Waals surface area contributed by atoms with Gasteiger partial charge in [-0.25, -0.2) is 0 Å². The third kappa shape index (κ3) is 5.04. The molecule has 0 aliphatic carbocycles. The molecule has 0 spiro atoms. The number of hydrogen-bond acceptors (Lipinski definition) is 5. The second kappa shape index (κ2) is 8.80. The molecule has 2 aromatic heterocycles. The quantitative estimate of drug-likeness (QED) is 0.755. The van der Waals surface area contributed by atoms with Crippen LogP contribution in [0.3, 0.4) is 0 Å². The summed E-state index contributed by atoms with van der Waals surface area (Å²) in [6, 6.07) is 9.65. The molecule has 1 aliphatic rings. The highest BCUT2D eigenvalue weighted by Gasteiger charge is 2.24. The van der Waals surface area contributed by atoms with Crippen molar-refractivity contribution in [3.8, 4) is 0 Å². The number of rotatable bonds is 6. The molecule has 1 fully saturated rings. The van der Waals surface area contributed by atoms with Crippen LogP contribution in [-0.2, 0) is 16.1 Å². The number of carbonyl (C=O) groups is 1. The molecule has 0 radical (unpaired) electrons. The Morgan fingerprint density at radius 1 is 1.25 bits per heavy atom. The van der Waals surface area contributed by atoms with Crippen LogP contribution in [0.25, 0.3) is 0 Å². The van der Waals surface area contributed by atoms with E-state index in [1.54, 1.807) is 30.4 Å². The average molecular weight is 343 g/mol. The minimum absolute atomic E-state index is 0.0932. The monoisotopic (exact) mass is 343 g/mol. The van der Waals surface area contributed by atoms with Crippen molar-refractivity contribution in [1.29, 1.82) is 0 Å². The second-order valence-corrected chi connectivity index (χ2v) is 6.76. The molecule has 1 atom stereocenters. The smallest absolute Gasteiger partial charge is 0.233 e. The van der Waals surface area contributed by atoms with Gasteiger partial charge in [0.05, 0.1) is 24.2 Å². The molecule has 24 heavy (non-hydrogen) atoms. The van der Waals surface area contributed by atoms with Crippen molar-refractivity contribution in [1.82, 2.24) is 14.9 Å². The minimum atomic E-state index is 0.0932. The Morgan fingerprint density at radius 3 is 2.92 bits per heavy atom. The maximum Gasteiger partial charge on any atom is 0.233 e. The van der Waals surface area contributed by atoms with Gasteiger partial charge in [0.25, 0.3) is 0 Å². The zero-order chi connectivity index (χ0) is 16.6. The van der Waals surface area contributed by atoms with Gasteiger partial charge in [-0.3, -0.25) is 14.8 Å². The van der Waals surface area contributed by atoms with E-state index in [1.165, 1.54) is 0 Å². The van der Waals surface area contributed by atoms with Crippen LogP contribution in [0, 0.1) is 0 Å². The molecule has 1 saturated heterocycles. The van der Waals surface area contributed by atoms with Crippen LogP contribution in [-0.4, -0.2) is 45.7 Å². The van der Waals surface area contributed by atoms with Gasteiger partial charge in [0, 0.05) is 36.6 Å². The largest absolute Gasteiger partial charge is 0.370 e. The number of aromatic nitrogens is 2. The lowest BCUT2D eigenvalue weighted by atomic mass is 10.1. The first kappa shape index (κ1) is 16.9. The molecule has 1 unspecified atom stereocenters. The lowest BCUT2D eigenvalue weighted by molar-refractivity contribution is -0.132. The van der Waals surface area contributed by atoms with Gasteiger partial charge in [0.1, 0.15) is 0 Å². The Balaban J connectivity index is 1.45. The number of pyridine rings is 2. The summed E-state index contributed by atoms with van der Waals surface area (Å²) in [5, 5.41) is 0. The maximum absolute atomic E-state index is 12.4. The summed E-state index contributed by atoms with van der Waals surface area (Å²) in [6.07, 6.45) is 7.33. The number of amides is 1. The van der Waals surface area contributed by atoms with E-state index in [1.807, 2.05) is 35.2 Å². The topological polar surface area (TPSA) is 55.3 Å². The van der Waals surface area contributed by atoms with Gasteiger partial charge in [-0.2, -0.15) is 0 Å². The molecular weight excluding hydrogens is 322 g/mol. The predicted octanol–water partition coefficient (Wildman–Crippen LogP) is 2.78. The lowest BCUT2D eigenvalue weighted by Crippen LogP contribution is -2.44. The van der Waals surface area contributed by atoms with Crippen molar-refractivity contribution < 1.29 is 9.53 Å². The van der Waals surface area contributed by atoms with Gasteiger partial charge >= 0.3 is 0 Å². The fourth-order valence-electron chi connectivity index (χ4n) is 2.66. The molecule has 0 saturated carbocycles. The maximum atomic E-state index is 12.4. The Hall–Kier alpha value is -1.92. The van der Waals surface area contributed by atoms with Crippen LogP contribution in [0.5, 0.6) is 0 Å². The van der Waals surface area contributed by atoms with Crippen LogP contribution in [0.2, 0.25) is 0 Å². The normalized spacial score (nSPS) is 17.7.